The van der Waals surface area contributed by atoms with Gasteiger partial charge in [0.2, 0.25) is 5.91 Å². The average molecular weight is 272 g/mol. The van der Waals surface area contributed by atoms with Crippen molar-refractivity contribution in [2.75, 3.05) is 7.11 Å². The highest BCUT2D eigenvalue weighted by Gasteiger charge is 2.38. The molecule has 0 saturated heterocycles. The van der Waals surface area contributed by atoms with Gasteiger partial charge in [-0.2, -0.15) is 0 Å². The van der Waals surface area contributed by atoms with Gasteiger partial charge in [0.05, 0.1) is 12.6 Å². The Kier molecular flexibility index (Phi) is 5.29. The van der Waals surface area contributed by atoms with E-state index in [-0.39, 0.29) is 12.8 Å². The van der Waals surface area contributed by atoms with E-state index in [1.807, 2.05) is 0 Å². The Labute approximate surface area is 111 Å². The highest BCUT2D eigenvalue weighted by Crippen LogP contribution is 2.27. The van der Waals surface area contributed by atoms with E-state index in [1.165, 1.54) is 7.11 Å². The Morgan fingerprint density at radius 3 is 2.42 bits per heavy atom. The van der Waals surface area contributed by atoms with Crippen LogP contribution in [-0.4, -0.2) is 41.6 Å². The fraction of sp³-hybridized carbons (Fsp3) is 0.750. The van der Waals surface area contributed by atoms with Crippen molar-refractivity contribution in [1.82, 2.24) is 5.32 Å². The number of aliphatic carboxylic acids is 1. The molecule has 4 N–H and O–H groups in total. The van der Waals surface area contributed by atoms with E-state index in [4.69, 9.17) is 10.8 Å². The number of carbonyl (C=O) groups is 3. The fourth-order valence-electron chi connectivity index (χ4n) is 2.16. The van der Waals surface area contributed by atoms with Gasteiger partial charge in [-0.3, -0.25) is 9.59 Å². The molecule has 1 atom stereocenters. The molecule has 7 heteroatoms. The smallest absolute Gasteiger partial charge is 0.326 e. The zero-order valence-electron chi connectivity index (χ0n) is 11.0. The number of hydrogen-bond donors (Lipinski definition) is 3. The number of nitrogens with one attached hydrogen (secondary N) is 1. The first kappa shape index (κ1) is 15.4. The number of carbonyl (C=O) groups excluding carboxylic acids is 2. The number of carboxylic acids is 1. The van der Waals surface area contributed by atoms with E-state index in [0.717, 1.165) is 12.8 Å². The molecule has 108 valence electrons. The summed E-state index contributed by atoms with van der Waals surface area (Å²) >= 11 is 0. The summed E-state index contributed by atoms with van der Waals surface area (Å²) in [4.78, 5) is 34.0. The number of ether oxygens (including phenoxy) is 1. The second kappa shape index (κ2) is 6.51. The lowest BCUT2D eigenvalue weighted by Crippen LogP contribution is -2.56. The van der Waals surface area contributed by atoms with E-state index >= 15 is 0 Å². The molecule has 1 saturated carbocycles. The lowest BCUT2D eigenvalue weighted by molar-refractivity contribution is -0.144. The molecule has 0 aromatic heterocycles. The minimum Gasteiger partial charge on any atom is -0.480 e. The predicted molar refractivity (Wildman–Crippen MR) is 66.2 cm³/mol. The third-order valence-electron chi connectivity index (χ3n) is 3.42. The van der Waals surface area contributed by atoms with Crippen molar-refractivity contribution in [3.05, 3.63) is 0 Å². The lowest BCUT2D eigenvalue weighted by atomic mass is 9.97. The fourth-order valence-corrected chi connectivity index (χ4v) is 2.16. The first-order valence-corrected chi connectivity index (χ1v) is 6.28. The molecule has 1 fully saturated rings. The van der Waals surface area contributed by atoms with Crippen LogP contribution in [0.3, 0.4) is 0 Å². The van der Waals surface area contributed by atoms with Gasteiger partial charge in [-0.25, -0.2) is 4.79 Å². The quantitative estimate of drug-likeness (QED) is 0.575. The van der Waals surface area contributed by atoms with E-state index in [9.17, 15) is 14.4 Å². The third-order valence-corrected chi connectivity index (χ3v) is 3.42. The van der Waals surface area contributed by atoms with E-state index in [1.54, 1.807) is 0 Å². The summed E-state index contributed by atoms with van der Waals surface area (Å²) in [7, 11) is 1.23. The van der Waals surface area contributed by atoms with Crippen LogP contribution in [0.4, 0.5) is 0 Å². The van der Waals surface area contributed by atoms with Gasteiger partial charge < -0.3 is 20.9 Å². The number of amides is 1. The summed E-state index contributed by atoms with van der Waals surface area (Å²) in [5.74, 6) is -2.15. The summed E-state index contributed by atoms with van der Waals surface area (Å²) in [5, 5.41) is 11.4. The molecule has 1 rings (SSSR count). The number of rotatable bonds is 6. The number of esters is 1. The van der Waals surface area contributed by atoms with Crippen molar-refractivity contribution in [3.8, 4) is 0 Å². The molecule has 0 aliphatic heterocycles. The van der Waals surface area contributed by atoms with Crippen LogP contribution >= 0.6 is 0 Å². The van der Waals surface area contributed by atoms with Crippen LogP contribution in [0.15, 0.2) is 0 Å². The van der Waals surface area contributed by atoms with E-state index in [0.29, 0.717) is 12.8 Å². The van der Waals surface area contributed by atoms with Crippen molar-refractivity contribution in [1.29, 1.82) is 0 Å². The molecule has 0 bridgehead atoms. The number of nitrogens with two attached hydrogens (primary N) is 1. The van der Waals surface area contributed by atoms with Gasteiger partial charge in [0, 0.05) is 6.42 Å². The maximum absolute atomic E-state index is 12.0. The van der Waals surface area contributed by atoms with Crippen molar-refractivity contribution in [3.63, 3.8) is 0 Å². The number of hydrogen-bond acceptors (Lipinski definition) is 5. The Morgan fingerprint density at radius 1 is 1.37 bits per heavy atom. The summed E-state index contributed by atoms with van der Waals surface area (Å²) in [6.45, 7) is 0. The monoisotopic (exact) mass is 272 g/mol. The van der Waals surface area contributed by atoms with E-state index in [2.05, 4.69) is 10.1 Å². The second-order valence-corrected chi connectivity index (χ2v) is 4.84. The van der Waals surface area contributed by atoms with Gasteiger partial charge in [-0.15, -0.1) is 0 Å². The SMILES string of the molecule is COC(=O)CC[C@H](NC(=O)C1(N)CCCC1)C(=O)O. The Hall–Kier alpha value is -1.63. The highest BCUT2D eigenvalue weighted by molar-refractivity contribution is 5.90. The van der Waals surface area contributed by atoms with Gasteiger partial charge in [0.1, 0.15) is 6.04 Å². The van der Waals surface area contributed by atoms with Gasteiger partial charge in [-0.1, -0.05) is 12.8 Å². The lowest BCUT2D eigenvalue weighted by Gasteiger charge is -2.24. The normalized spacial score (nSPS) is 18.6. The van der Waals surface area contributed by atoms with Crippen molar-refractivity contribution < 1.29 is 24.2 Å². The average Bonchev–Trinajstić information content (AvgIpc) is 2.81. The largest absolute Gasteiger partial charge is 0.480 e. The van der Waals surface area contributed by atoms with Crippen LogP contribution in [0, 0.1) is 0 Å². The summed E-state index contributed by atoms with van der Waals surface area (Å²) in [6.07, 6.45) is 2.77. The van der Waals surface area contributed by atoms with Crippen molar-refractivity contribution >= 4 is 17.8 Å². The zero-order chi connectivity index (χ0) is 14.5. The standard InChI is InChI=1S/C12H20N2O5/c1-19-9(15)5-4-8(10(16)17)14-11(18)12(13)6-2-3-7-12/h8H,2-7,13H2,1H3,(H,14,18)(H,16,17)/t8-/m0/s1. The maximum atomic E-state index is 12.0. The number of methoxy groups -OCH3 is 1. The zero-order valence-corrected chi connectivity index (χ0v) is 11.0. The van der Waals surface area contributed by atoms with Crippen LogP contribution in [0.2, 0.25) is 0 Å². The molecule has 0 spiro atoms. The van der Waals surface area contributed by atoms with Crippen LogP contribution in [-0.2, 0) is 19.1 Å². The van der Waals surface area contributed by atoms with Gasteiger partial charge >= 0.3 is 11.9 Å². The van der Waals surface area contributed by atoms with Crippen molar-refractivity contribution in [2.24, 2.45) is 5.73 Å². The summed E-state index contributed by atoms with van der Waals surface area (Å²) in [6, 6.07) is -1.12. The van der Waals surface area contributed by atoms with Gasteiger partial charge in [0.25, 0.3) is 0 Å². The van der Waals surface area contributed by atoms with Crippen LogP contribution in [0.25, 0.3) is 0 Å². The van der Waals surface area contributed by atoms with Crippen LogP contribution in [0.5, 0.6) is 0 Å². The molecule has 1 amide bonds. The Bertz CT molecular complexity index is 363. The molecule has 1 aliphatic rings. The first-order valence-electron chi connectivity index (χ1n) is 6.28. The Morgan fingerprint density at radius 2 is 1.95 bits per heavy atom. The van der Waals surface area contributed by atoms with Crippen LogP contribution in [0.1, 0.15) is 38.5 Å². The molecule has 0 aromatic rings. The van der Waals surface area contributed by atoms with Crippen molar-refractivity contribution in [2.45, 2.75) is 50.1 Å². The summed E-state index contributed by atoms with van der Waals surface area (Å²) < 4.78 is 4.44. The molecule has 7 nitrogen and oxygen atoms in total. The molecular weight excluding hydrogens is 252 g/mol. The number of carboxylic acid groups (broad SMARTS) is 1. The topological polar surface area (TPSA) is 119 Å². The van der Waals surface area contributed by atoms with Crippen LogP contribution < -0.4 is 11.1 Å². The Balaban J connectivity index is 2.55. The first-order chi connectivity index (χ1) is 8.89. The van der Waals surface area contributed by atoms with E-state index < -0.39 is 29.4 Å². The predicted octanol–water partition coefficient (Wildman–Crippen LogP) is -0.219. The minimum atomic E-state index is -1.18. The highest BCUT2D eigenvalue weighted by atomic mass is 16.5. The molecule has 0 radical (unpaired) electrons. The molecule has 0 heterocycles. The second-order valence-electron chi connectivity index (χ2n) is 4.84. The van der Waals surface area contributed by atoms with Gasteiger partial charge in [0.15, 0.2) is 0 Å². The summed E-state index contributed by atoms with van der Waals surface area (Å²) in [5.41, 5.74) is 4.96. The molecule has 19 heavy (non-hydrogen) atoms. The third kappa shape index (κ3) is 4.20. The molecule has 1 aliphatic carbocycles. The molecule has 0 aromatic carbocycles. The van der Waals surface area contributed by atoms with Gasteiger partial charge in [-0.05, 0) is 19.3 Å². The molecule has 0 unspecified atom stereocenters. The molecular formula is C12H20N2O5. The maximum Gasteiger partial charge on any atom is 0.326 e. The minimum absolute atomic E-state index is 0.0101.